The Morgan fingerprint density at radius 3 is 2.48 bits per heavy atom. The van der Waals surface area contributed by atoms with Crippen LogP contribution in [0.3, 0.4) is 0 Å². The Morgan fingerprint density at radius 2 is 1.73 bits per heavy atom. The summed E-state index contributed by atoms with van der Waals surface area (Å²) < 4.78 is 12.6. The highest BCUT2D eigenvalue weighted by molar-refractivity contribution is 9.11. The minimum absolute atomic E-state index is 0.0531. The van der Waals surface area contributed by atoms with Crippen molar-refractivity contribution in [2.45, 2.75) is 13.3 Å². The first-order chi connectivity index (χ1) is 15.9. The molecule has 0 fully saturated rings. The third-order valence-electron chi connectivity index (χ3n) is 4.38. The van der Waals surface area contributed by atoms with Crippen LogP contribution >= 0.6 is 44.1 Å². The maximum absolute atomic E-state index is 12.4. The second-order valence-corrected chi connectivity index (χ2v) is 8.89. The molecule has 0 saturated heterocycles. The highest BCUT2D eigenvalue weighted by Gasteiger charge is 2.12. The zero-order valence-corrected chi connectivity index (χ0v) is 21.6. The van der Waals surface area contributed by atoms with E-state index in [1.54, 1.807) is 24.3 Å². The van der Waals surface area contributed by atoms with Gasteiger partial charge in [-0.05, 0) is 85.5 Å². The van der Waals surface area contributed by atoms with Crippen LogP contribution in [0.5, 0.6) is 11.5 Å². The molecule has 0 aliphatic rings. The van der Waals surface area contributed by atoms with Crippen molar-refractivity contribution in [3.05, 3.63) is 69.1 Å². The first kappa shape index (κ1) is 24.9. The number of rotatable bonds is 7. The van der Waals surface area contributed by atoms with Gasteiger partial charge in [0.2, 0.25) is 0 Å². The number of halogens is 2. The van der Waals surface area contributed by atoms with Gasteiger partial charge >= 0.3 is 0 Å². The fraction of sp³-hybridized carbons (Fsp3) is 0.174. The molecule has 0 unspecified atom stereocenters. The lowest BCUT2D eigenvalue weighted by Gasteiger charge is -2.13. The summed E-state index contributed by atoms with van der Waals surface area (Å²) in [6.07, 6.45) is 0.880. The van der Waals surface area contributed by atoms with Crippen molar-refractivity contribution in [1.29, 1.82) is 0 Å². The van der Waals surface area contributed by atoms with Crippen LogP contribution in [0.1, 0.15) is 23.7 Å². The predicted molar refractivity (Wildman–Crippen MR) is 138 cm³/mol. The van der Waals surface area contributed by atoms with Crippen molar-refractivity contribution in [2.75, 3.05) is 13.2 Å². The Labute approximate surface area is 213 Å². The molecule has 7 nitrogen and oxygen atoms in total. The number of amides is 2. The molecule has 3 aromatic rings. The highest BCUT2D eigenvalue weighted by atomic mass is 79.9. The fourth-order valence-electron chi connectivity index (χ4n) is 2.81. The summed E-state index contributed by atoms with van der Waals surface area (Å²) in [5.74, 6) is 0.295. The molecule has 3 N–H and O–H groups in total. The third-order valence-corrected chi connectivity index (χ3v) is 6.03. The molecule has 0 aliphatic heterocycles. The van der Waals surface area contributed by atoms with E-state index in [9.17, 15) is 9.59 Å². The van der Waals surface area contributed by atoms with E-state index >= 15 is 0 Å². The maximum atomic E-state index is 12.4. The summed E-state index contributed by atoms with van der Waals surface area (Å²) in [4.78, 5) is 24.5. The average Bonchev–Trinajstić information content (AvgIpc) is 2.81. The third kappa shape index (κ3) is 6.89. The number of hydrazine groups is 1. The summed E-state index contributed by atoms with van der Waals surface area (Å²) in [6, 6.07) is 16.5. The molecule has 0 heterocycles. The van der Waals surface area contributed by atoms with E-state index in [1.807, 2.05) is 37.3 Å². The van der Waals surface area contributed by atoms with Gasteiger partial charge in [0.1, 0.15) is 11.5 Å². The number of thiocarbonyl (C=S) groups is 1. The molecule has 0 atom stereocenters. The van der Waals surface area contributed by atoms with Gasteiger partial charge in [-0.3, -0.25) is 25.8 Å². The number of hydrogen-bond donors (Lipinski definition) is 3. The van der Waals surface area contributed by atoms with Crippen molar-refractivity contribution in [3.63, 3.8) is 0 Å². The summed E-state index contributed by atoms with van der Waals surface area (Å²) in [5, 5.41) is 4.48. The molecule has 0 aromatic heterocycles. The van der Waals surface area contributed by atoms with Gasteiger partial charge in [-0.15, -0.1) is 0 Å². The van der Waals surface area contributed by atoms with Gasteiger partial charge in [0.15, 0.2) is 11.7 Å². The number of hydrogen-bond acceptors (Lipinski definition) is 5. The van der Waals surface area contributed by atoms with E-state index in [1.165, 1.54) is 0 Å². The Hall–Kier alpha value is -2.69. The number of nitrogens with one attached hydrogen (secondary N) is 3. The second kappa shape index (κ2) is 12.0. The number of carbonyl (C=O) groups is 2. The molecule has 33 heavy (non-hydrogen) atoms. The molecule has 0 spiro atoms. The normalized spacial score (nSPS) is 10.4. The van der Waals surface area contributed by atoms with Crippen molar-refractivity contribution >= 4 is 71.8 Å². The van der Waals surface area contributed by atoms with Gasteiger partial charge in [0.25, 0.3) is 11.8 Å². The quantitative estimate of drug-likeness (QED) is 0.267. The largest absolute Gasteiger partial charge is 0.492 e. The smallest absolute Gasteiger partial charge is 0.276 e. The molecule has 172 valence electrons. The van der Waals surface area contributed by atoms with Crippen LogP contribution in [0.25, 0.3) is 10.8 Å². The minimum atomic E-state index is -0.466. The van der Waals surface area contributed by atoms with Crippen LogP contribution in [0.15, 0.2) is 63.5 Å². The van der Waals surface area contributed by atoms with E-state index < -0.39 is 11.8 Å². The van der Waals surface area contributed by atoms with Gasteiger partial charge in [0, 0.05) is 5.56 Å². The minimum Gasteiger partial charge on any atom is -0.492 e. The lowest BCUT2D eigenvalue weighted by atomic mass is 10.1. The van der Waals surface area contributed by atoms with E-state index in [-0.39, 0.29) is 11.7 Å². The van der Waals surface area contributed by atoms with Gasteiger partial charge in [-0.1, -0.05) is 37.3 Å². The molecule has 2 amide bonds. The van der Waals surface area contributed by atoms with Crippen molar-refractivity contribution in [2.24, 2.45) is 0 Å². The van der Waals surface area contributed by atoms with E-state index in [2.05, 4.69) is 48.0 Å². The van der Waals surface area contributed by atoms with Crippen LogP contribution in [0.2, 0.25) is 0 Å². The van der Waals surface area contributed by atoms with E-state index in [4.69, 9.17) is 21.7 Å². The van der Waals surface area contributed by atoms with Crippen LogP contribution in [-0.4, -0.2) is 30.1 Å². The maximum Gasteiger partial charge on any atom is 0.276 e. The van der Waals surface area contributed by atoms with Crippen molar-refractivity contribution in [3.8, 4) is 11.5 Å². The molecule has 0 aliphatic carbocycles. The number of ether oxygens (including phenoxy) is 2. The summed E-state index contributed by atoms with van der Waals surface area (Å²) in [5.41, 5.74) is 5.26. The highest BCUT2D eigenvalue weighted by Crippen LogP contribution is 2.33. The first-order valence-electron chi connectivity index (χ1n) is 10.0. The van der Waals surface area contributed by atoms with Gasteiger partial charge in [-0.2, -0.15) is 0 Å². The topological polar surface area (TPSA) is 88.7 Å². The lowest BCUT2D eigenvalue weighted by molar-refractivity contribution is -0.123. The second-order valence-electron chi connectivity index (χ2n) is 6.84. The SMILES string of the molecule is CCCOc1ccc(C(=O)NC(=S)NNC(=O)COc2ccc3ccccc3c2Br)cc1Br. The van der Waals surface area contributed by atoms with Crippen LogP contribution < -0.4 is 25.6 Å². The molecule has 0 radical (unpaired) electrons. The summed E-state index contributed by atoms with van der Waals surface area (Å²) >= 11 is 12.0. The number of carbonyl (C=O) groups excluding carboxylic acids is 2. The van der Waals surface area contributed by atoms with Gasteiger partial charge in [0.05, 0.1) is 15.6 Å². The lowest BCUT2D eigenvalue weighted by Crippen LogP contribution is -2.49. The van der Waals surface area contributed by atoms with Crippen molar-refractivity contribution < 1.29 is 19.1 Å². The summed E-state index contributed by atoms with van der Waals surface area (Å²) in [7, 11) is 0. The Morgan fingerprint density at radius 1 is 0.970 bits per heavy atom. The van der Waals surface area contributed by atoms with Crippen molar-refractivity contribution in [1.82, 2.24) is 16.2 Å². The molecule has 0 saturated carbocycles. The first-order valence-corrected chi connectivity index (χ1v) is 12.0. The zero-order valence-electron chi connectivity index (χ0n) is 17.6. The Bertz CT molecular complexity index is 1190. The fourth-order valence-corrected chi connectivity index (χ4v) is 4.05. The Kier molecular flexibility index (Phi) is 9.04. The standard InChI is InChI=1S/C23H21Br2N3O4S/c1-2-11-31-18-9-8-15(12-17(18)24)22(30)26-23(33)28-27-20(29)13-32-19-10-7-14-5-3-4-6-16(14)21(19)25/h3-10,12H,2,11,13H2,1H3,(H,27,29)(H2,26,28,30,33). The molecule has 3 rings (SSSR count). The monoisotopic (exact) mass is 593 g/mol. The number of fused-ring (bicyclic) bond motifs is 1. The molecule has 3 aromatic carbocycles. The molecule has 10 heteroatoms. The van der Waals surface area contributed by atoms with Crippen LogP contribution in [0.4, 0.5) is 0 Å². The van der Waals surface area contributed by atoms with Gasteiger partial charge in [-0.25, -0.2) is 0 Å². The van der Waals surface area contributed by atoms with Gasteiger partial charge < -0.3 is 9.47 Å². The van der Waals surface area contributed by atoms with E-state index in [0.29, 0.717) is 28.1 Å². The molecular weight excluding hydrogens is 574 g/mol. The summed E-state index contributed by atoms with van der Waals surface area (Å²) in [6.45, 7) is 2.35. The van der Waals surface area contributed by atoms with Crippen LogP contribution in [0, 0.1) is 0 Å². The number of benzene rings is 3. The zero-order chi connectivity index (χ0) is 23.8. The van der Waals surface area contributed by atoms with Crippen LogP contribution in [-0.2, 0) is 4.79 Å². The van der Waals surface area contributed by atoms with E-state index in [0.717, 1.165) is 21.7 Å². The molecule has 0 bridgehead atoms. The average molecular weight is 595 g/mol. The Balaban J connectivity index is 1.46. The molecular formula is C23H21Br2N3O4S. The predicted octanol–water partition coefficient (Wildman–Crippen LogP) is 4.87.